The Morgan fingerprint density at radius 3 is 2.57 bits per heavy atom. The fourth-order valence-corrected chi connectivity index (χ4v) is 2.69. The van der Waals surface area contributed by atoms with E-state index >= 15 is 0 Å². The first-order valence-corrected chi connectivity index (χ1v) is 7.69. The molecule has 0 bridgehead atoms. The first-order chi connectivity index (χ1) is 10.2. The van der Waals surface area contributed by atoms with Gasteiger partial charge in [-0.25, -0.2) is 0 Å². The van der Waals surface area contributed by atoms with Crippen molar-refractivity contribution in [1.29, 1.82) is 5.26 Å². The van der Waals surface area contributed by atoms with Crippen molar-refractivity contribution < 1.29 is 4.79 Å². The minimum atomic E-state index is 0.0450. The van der Waals surface area contributed by atoms with Crippen molar-refractivity contribution in [2.24, 2.45) is 0 Å². The molecular formula is C17H23N3O. The molecule has 0 aliphatic carbocycles. The number of benzene rings is 1. The summed E-state index contributed by atoms with van der Waals surface area (Å²) in [4.78, 5) is 14.4. The van der Waals surface area contributed by atoms with Gasteiger partial charge in [-0.05, 0) is 50.6 Å². The Kier molecular flexibility index (Phi) is 5.77. The Bertz CT molecular complexity index is 498. The van der Waals surface area contributed by atoms with Gasteiger partial charge in [-0.3, -0.25) is 9.69 Å². The Morgan fingerprint density at radius 2 is 1.95 bits per heavy atom. The van der Waals surface area contributed by atoms with Crippen LogP contribution in [0.3, 0.4) is 0 Å². The minimum absolute atomic E-state index is 0.0450. The predicted octanol–water partition coefficient (Wildman–Crippen LogP) is 2.09. The molecular weight excluding hydrogens is 262 g/mol. The van der Waals surface area contributed by atoms with E-state index in [0.717, 1.165) is 18.7 Å². The molecule has 1 heterocycles. The fraction of sp³-hybridized carbons (Fsp3) is 0.529. The van der Waals surface area contributed by atoms with E-state index in [0.29, 0.717) is 24.6 Å². The zero-order chi connectivity index (χ0) is 15.1. The average Bonchev–Trinajstić information content (AvgIpc) is 2.54. The molecule has 1 amide bonds. The largest absolute Gasteiger partial charge is 0.354 e. The third-order valence-electron chi connectivity index (χ3n) is 4.06. The second-order valence-electron chi connectivity index (χ2n) is 5.74. The van der Waals surface area contributed by atoms with Crippen LogP contribution in [0.5, 0.6) is 0 Å². The lowest BCUT2D eigenvalue weighted by Gasteiger charge is -2.32. The standard InChI is InChI=1S/C17H23N3O/c1-14(20-9-3-2-4-10-20)13-19-17(21)11-15-5-7-16(12-18)8-6-15/h5-8,14H,2-4,9-11,13H2,1H3,(H,19,21). The van der Waals surface area contributed by atoms with Crippen molar-refractivity contribution in [2.75, 3.05) is 19.6 Å². The molecule has 4 heteroatoms. The normalized spacial score (nSPS) is 17.0. The van der Waals surface area contributed by atoms with Crippen molar-refractivity contribution in [2.45, 2.75) is 38.6 Å². The van der Waals surface area contributed by atoms with Crippen molar-refractivity contribution in [3.63, 3.8) is 0 Å². The average molecular weight is 285 g/mol. The maximum absolute atomic E-state index is 12.0. The Morgan fingerprint density at radius 1 is 1.29 bits per heavy atom. The zero-order valence-electron chi connectivity index (χ0n) is 12.6. The van der Waals surface area contributed by atoms with Gasteiger partial charge in [0.1, 0.15) is 0 Å². The summed E-state index contributed by atoms with van der Waals surface area (Å²) in [7, 11) is 0. The molecule has 1 N–H and O–H groups in total. The first-order valence-electron chi connectivity index (χ1n) is 7.69. The molecule has 0 saturated carbocycles. The van der Waals surface area contributed by atoms with Crippen LogP contribution in [-0.4, -0.2) is 36.5 Å². The molecule has 0 spiro atoms. The lowest BCUT2D eigenvalue weighted by molar-refractivity contribution is -0.120. The van der Waals surface area contributed by atoms with E-state index < -0.39 is 0 Å². The summed E-state index contributed by atoms with van der Waals surface area (Å²) in [5, 5.41) is 11.8. The van der Waals surface area contributed by atoms with Crippen LogP contribution < -0.4 is 5.32 Å². The summed E-state index contributed by atoms with van der Waals surface area (Å²) in [6.07, 6.45) is 4.24. The van der Waals surface area contributed by atoms with Crippen LogP contribution in [0.1, 0.15) is 37.3 Å². The topological polar surface area (TPSA) is 56.1 Å². The SMILES string of the molecule is CC(CNC(=O)Cc1ccc(C#N)cc1)N1CCCCC1. The molecule has 1 aliphatic heterocycles. The number of hydrogen-bond donors (Lipinski definition) is 1. The lowest BCUT2D eigenvalue weighted by Crippen LogP contribution is -2.44. The number of nitriles is 1. The van der Waals surface area contributed by atoms with E-state index in [-0.39, 0.29) is 5.91 Å². The zero-order valence-corrected chi connectivity index (χ0v) is 12.6. The molecule has 2 rings (SSSR count). The molecule has 1 unspecified atom stereocenters. The van der Waals surface area contributed by atoms with E-state index in [4.69, 9.17) is 5.26 Å². The molecule has 1 aromatic rings. The number of amides is 1. The third kappa shape index (κ3) is 4.87. The highest BCUT2D eigenvalue weighted by Crippen LogP contribution is 2.11. The van der Waals surface area contributed by atoms with Crippen LogP contribution in [0.4, 0.5) is 0 Å². The summed E-state index contributed by atoms with van der Waals surface area (Å²) >= 11 is 0. The number of nitrogens with one attached hydrogen (secondary N) is 1. The number of carbonyl (C=O) groups excluding carboxylic acids is 1. The molecule has 1 aliphatic rings. The van der Waals surface area contributed by atoms with Gasteiger partial charge in [-0.15, -0.1) is 0 Å². The molecule has 112 valence electrons. The Labute approximate surface area is 126 Å². The quantitative estimate of drug-likeness (QED) is 0.901. The van der Waals surface area contributed by atoms with Crippen LogP contribution in [0.2, 0.25) is 0 Å². The molecule has 4 nitrogen and oxygen atoms in total. The highest BCUT2D eigenvalue weighted by molar-refractivity contribution is 5.78. The summed E-state index contributed by atoms with van der Waals surface area (Å²) < 4.78 is 0. The molecule has 1 fully saturated rings. The maximum atomic E-state index is 12.0. The van der Waals surface area contributed by atoms with Crippen LogP contribution in [0.15, 0.2) is 24.3 Å². The highest BCUT2D eigenvalue weighted by Gasteiger charge is 2.17. The van der Waals surface area contributed by atoms with Crippen LogP contribution >= 0.6 is 0 Å². The maximum Gasteiger partial charge on any atom is 0.224 e. The van der Waals surface area contributed by atoms with Gasteiger partial charge in [-0.1, -0.05) is 18.6 Å². The Hall–Kier alpha value is -1.86. The van der Waals surface area contributed by atoms with E-state index in [1.807, 2.05) is 12.1 Å². The summed E-state index contributed by atoms with van der Waals surface area (Å²) in [6.45, 7) is 5.17. The molecule has 0 aromatic heterocycles. The molecule has 1 saturated heterocycles. The molecule has 0 radical (unpaired) electrons. The van der Waals surface area contributed by atoms with Crippen LogP contribution in [-0.2, 0) is 11.2 Å². The van der Waals surface area contributed by atoms with Crippen molar-refractivity contribution in [3.05, 3.63) is 35.4 Å². The second-order valence-corrected chi connectivity index (χ2v) is 5.74. The summed E-state index contributed by atoms with van der Waals surface area (Å²) in [5.41, 5.74) is 1.56. The van der Waals surface area contributed by atoms with Crippen LogP contribution in [0.25, 0.3) is 0 Å². The minimum Gasteiger partial charge on any atom is -0.354 e. The number of carbonyl (C=O) groups is 1. The van der Waals surface area contributed by atoms with Crippen molar-refractivity contribution >= 4 is 5.91 Å². The molecule has 1 atom stereocenters. The van der Waals surface area contributed by atoms with Crippen molar-refractivity contribution in [1.82, 2.24) is 10.2 Å². The van der Waals surface area contributed by atoms with Crippen molar-refractivity contribution in [3.8, 4) is 6.07 Å². The first kappa shape index (κ1) is 15.5. The second kappa shape index (κ2) is 7.80. The van der Waals surface area contributed by atoms with E-state index in [1.54, 1.807) is 12.1 Å². The van der Waals surface area contributed by atoms with Gasteiger partial charge < -0.3 is 5.32 Å². The van der Waals surface area contributed by atoms with Gasteiger partial charge in [0.2, 0.25) is 5.91 Å². The van der Waals surface area contributed by atoms with E-state index in [2.05, 4.69) is 23.2 Å². The Balaban J connectivity index is 1.74. The number of rotatable bonds is 5. The lowest BCUT2D eigenvalue weighted by atomic mass is 10.1. The van der Waals surface area contributed by atoms with Gasteiger partial charge in [0.05, 0.1) is 18.1 Å². The molecule has 1 aromatic carbocycles. The monoisotopic (exact) mass is 285 g/mol. The number of piperidine rings is 1. The summed E-state index contributed by atoms with van der Waals surface area (Å²) in [6, 6.07) is 9.65. The smallest absolute Gasteiger partial charge is 0.224 e. The van der Waals surface area contributed by atoms with E-state index in [9.17, 15) is 4.79 Å². The fourth-order valence-electron chi connectivity index (χ4n) is 2.69. The number of hydrogen-bond acceptors (Lipinski definition) is 3. The number of likely N-dealkylation sites (tertiary alicyclic amines) is 1. The van der Waals surface area contributed by atoms with Gasteiger partial charge in [0.15, 0.2) is 0 Å². The van der Waals surface area contributed by atoms with Crippen LogP contribution in [0, 0.1) is 11.3 Å². The predicted molar refractivity (Wildman–Crippen MR) is 82.8 cm³/mol. The number of nitrogens with zero attached hydrogens (tertiary/aromatic N) is 2. The summed E-state index contributed by atoms with van der Waals surface area (Å²) in [5.74, 6) is 0.0450. The van der Waals surface area contributed by atoms with Gasteiger partial charge in [0.25, 0.3) is 0 Å². The highest BCUT2D eigenvalue weighted by atomic mass is 16.1. The van der Waals surface area contributed by atoms with Gasteiger partial charge in [0, 0.05) is 12.6 Å². The molecule has 21 heavy (non-hydrogen) atoms. The third-order valence-corrected chi connectivity index (χ3v) is 4.06. The van der Waals surface area contributed by atoms with Gasteiger partial charge >= 0.3 is 0 Å². The van der Waals surface area contributed by atoms with Gasteiger partial charge in [-0.2, -0.15) is 5.26 Å². The van der Waals surface area contributed by atoms with E-state index in [1.165, 1.54) is 19.3 Å².